The maximum Gasteiger partial charge on any atom is 0.299 e. The van der Waals surface area contributed by atoms with Crippen LogP contribution in [0, 0.1) is 20.2 Å². The topological polar surface area (TPSA) is 115 Å². The number of amides is 1. The zero-order valence-electron chi connectivity index (χ0n) is 11.7. The molecule has 0 aliphatic carbocycles. The molecule has 1 rings (SSSR count). The number of carbonyl (C=O) groups is 1. The first-order valence-corrected chi connectivity index (χ1v) is 6.68. The van der Waals surface area contributed by atoms with Crippen LogP contribution in [0.5, 0.6) is 0 Å². The van der Waals surface area contributed by atoms with E-state index in [2.05, 4.69) is 12.2 Å². The molecule has 0 saturated carbocycles. The van der Waals surface area contributed by atoms with Gasteiger partial charge in [-0.1, -0.05) is 26.2 Å². The number of carbonyl (C=O) groups excluding carboxylic acids is 1. The second-order valence-electron chi connectivity index (χ2n) is 4.57. The first-order chi connectivity index (χ1) is 9.95. The highest BCUT2D eigenvalue weighted by Crippen LogP contribution is 2.29. The zero-order valence-corrected chi connectivity index (χ0v) is 11.7. The fourth-order valence-corrected chi connectivity index (χ4v) is 1.82. The summed E-state index contributed by atoms with van der Waals surface area (Å²) in [6, 6.07) is 3.15. The summed E-state index contributed by atoms with van der Waals surface area (Å²) < 4.78 is 0. The molecule has 0 spiro atoms. The van der Waals surface area contributed by atoms with Gasteiger partial charge < -0.3 is 5.32 Å². The summed E-state index contributed by atoms with van der Waals surface area (Å²) in [4.78, 5) is 31.7. The number of hydrogen-bond donors (Lipinski definition) is 1. The van der Waals surface area contributed by atoms with E-state index in [1.54, 1.807) is 0 Å². The van der Waals surface area contributed by atoms with Crippen LogP contribution in [0.3, 0.4) is 0 Å². The fraction of sp³-hybridized carbons (Fsp3) is 0.462. The molecule has 1 aromatic carbocycles. The van der Waals surface area contributed by atoms with Crippen molar-refractivity contribution in [2.45, 2.75) is 39.0 Å². The summed E-state index contributed by atoms with van der Waals surface area (Å²) in [6.07, 6.45) is 3.99. The number of benzene rings is 1. The van der Waals surface area contributed by atoms with E-state index in [4.69, 9.17) is 0 Å². The number of nitrogens with zero attached hydrogens (tertiary/aromatic N) is 2. The lowest BCUT2D eigenvalue weighted by Gasteiger charge is -2.05. The second-order valence-corrected chi connectivity index (χ2v) is 4.57. The molecule has 1 aromatic rings. The molecule has 1 amide bonds. The zero-order chi connectivity index (χ0) is 15.8. The molecule has 0 unspecified atom stereocenters. The predicted molar refractivity (Wildman–Crippen MR) is 77.1 cm³/mol. The van der Waals surface area contributed by atoms with Crippen LogP contribution in [-0.2, 0) is 4.79 Å². The smallest absolute Gasteiger partial charge is 0.299 e. The maximum atomic E-state index is 11.7. The Morgan fingerprint density at radius 2 is 1.86 bits per heavy atom. The van der Waals surface area contributed by atoms with Gasteiger partial charge in [-0.05, 0) is 12.5 Å². The first kappa shape index (κ1) is 16.5. The molecule has 8 heteroatoms. The standard InChI is InChI=1S/C13H17N3O5/c1-2-3-4-5-6-13(17)14-11-8-7-10(15(18)19)9-12(11)16(20)21/h7-9H,2-6H2,1H3,(H,14,17). The van der Waals surface area contributed by atoms with Gasteiger partial charge in [0.2, 0.25) is 5.91 Å². The largest absolute Gasteiger partial charge is 0.320 e. The molecular weight excluding hydrogens is 278 g/mol. The molecule has 0 heterocycles. The number of nitro benzene ring substituents is 2. The van der Waals surface area contributed by atoms with Crippen molar-refractivity contribution in [3.63, 3.8) is 0 Å². The predicted octanol–water partition coefficient (Wildman–Crippen LogP) is 3.41. The molecule has 21 heavy (non-hydrogen) atoms. The lowest BCUT2D eigenvalue weighted by atomic mass is 10.1. The Balaban J connectivity index is 2.76. The Bertz CT molecular complexity index is 545. The quantitative estimate of drug-likeness (QED) is 0.448. The van der Waals surface area contributed by atoms with Crippen LogP contribution >= 0.6 is 0 Å². The van der Waals surface area contributed by atoms with Crippen molar-refractivity contribution >= 4 is 23.0 Å². The molecule has 0 atom stereocenters. The summed E-state index contributed by atoms with van der Waals surface area (Å²) in [7, 11) is 0. The molecule has 8 nitrogen and oxygen atoms in total. The summed E-state index contributed by atoms with van der Waals surface area (Å²) in [5.41, 5.74) is -0.889. The number of non-ortho nitro benzene ring substituents is 1. The fourth-order valence-electron chi connectivity index (χ4n) is 1.82. The van der Waals surface area contributed by atoms with Gasteiger partial charge in [-0.2, -0.15) is 0 Å². The second kappa shape index (κ2) is 7.93. The molecule has 0 fully saturated rings. The van der Waals surface area contributed by atoms with Gasteiger partial charge in [-0.3, -0.25) is 25.0 Å². The van der Waals surface area contributed by atoms with Crippen LogP contribution in [-0.4, -0.2) is 15.8 Å². The van der Waals surface area contributed by atoms with Crippen molar-refractivity contribution in [3.8, 4) is 0 Å². The third-order valence-electron chi connectivity index (χ3n) is 2.92. The first-order valence-electron chi connectivity index (χ1n) is 6.68. The molecule has 0 aliphatic heterocycles. The average Bonchev–Trinajstić information content (AvgIpc) is 2.43. The summed E-state index contributed by atoms with van der Waals surface area (Å²) in [5, 5.41) is 23.9. The van der Waals surface area contributed by atoms with Crippen molar-refractivity contribution in [3.05, 3.63) is 38.4 Å². The highest BCUT2D eigenvalue weighted by Gasteiger charge is 2.20. The molecular formula is C13H17N3O5. The highest BCUT2D eigenvalue weighted by molar-refractivity contribution is 5.93. The van der Waals surface area contributed by atoms with E-state index in [1.807, 2.05) is 0 Å². The molecule has 114 valence electrons. The Morgan fingerprint density at radius 3 is 2.43 bits per heavy atom. The van der Waals surface area contributed by atoms with Gasteiger partial charge in [0, 0.05) is 12.5 Å². The summed E-state index contributed by atoms with van der Waals surface area (Å²) in [6.45, 7) is 2.06. The number of unbranched alkanes of at least 4 members (excludes halogenated alkanes) is 3. The monoisotopic (exact) mass is 295 g/mol. The summed E-state index contributed by atoms with van der Waals surface area (Å²) in [5.74, 6) is -0.331. The van der Waals surface area contributed by atoms with E-state index in [1.165, 1.54) is 6.07 Å². The van der Waals surface area contributed by atoms with E-state index in [0.29, 0.717) is 6.42 Å². The Labute approximate surface area is 121 Å². The minimum Gasteiger partial charge on any atom is -0.320 e. The van der Waals surface area contributed by atoms with E-state index in [-0.39, 0.29) is 23.7 Å². The number of rotatable bonds is 8. The Hall–Kier alpha value is -2.51. The lowest BCUT2D eigenvalue weighted by molar-refractivity contribution is -0.393. The highest BCUT2D eigenvalue weighted by atomic mass is 16.6. The Kier molecular flexibility index (Phi) is 6.25. The summed E-state index contributed by atoms with van der Waals surface area (Å²) >= 11 is 0. The number of anilines is 1. The average molecular weight is 295 g/mol. The van der Waals surface area contributed by atoms with E-state index < -0.39 is 15.5 Å². The van der Waals surface area contributed by atoms with E-state index >= 15 is 0 Å². The Morgan fingerprint density at radius 1 is 1.14 bits per heavy atom. The van der Waals surface area contributed by atoms with Crippen molar-refractivity contribution in [1.82, 2.24) is 0 Å². The van der Waals surface area contributed by atoms with E-state index in [0.717, 1.165) is 31.4 Å². The number of hydrogen-bond acceptors (Lipinski definition) is 5. The van der Waals surface area contributed by atoms with Gasteiger partial charge in [-0.25, -0.2) is 0 Å². The SMILES string of the molecule is CCCCCCC(=O)Nc1ccc([N+](=O)[O-])cc1[N+](=O)[O-]. The van der Waals surface area contributed by atoms with Crippen LogP contribution in [0.4, 0.5) is 17.1 Å². The molecule has 0 radical (unpaired) electrons. The molecule has 0 aromatic heterocycles. The van der Waals surface area contributed by atoms with E-state index in [9.17, 15) is 25.0 Å². The molecule has 0 saturated heterocycles. The minimum absolute atomic E-state index is 0.0221. The van der Waals surface area contributed by atoms with Crippen molar-refractivity contribution in [2.24, 2.45) is 0 Å². The minimum atomic E-state index is -0.750. The lowest BCUT2D eigenvalue weighted by Crippen LogP contribution is -2.12. The van der Waals surface area contributed by atoms with Crippen molar-refractivity contribution in [1.29, 1.82) is 0 Å². The molecule has 1 N–H and O–H groups in total. The van der Waals surface area contributed by atoms with Crippen LogP contribution < -0.4 is 5.32 Å². The molecule has 0 aliphatic rings. The van der Waals surface area contributed by atoms with Gasteiger partial charge in [0.15, 0.2) is 0 Å². The van der Waals surface area contributed by atoms with Crippen LogP contribution in [0.25, 0.3) is 0 Å². The molecule has 0 bridgehead atoms. The number of nitro groups is 2. The number of nitrogens with one attached hydrogen (secondary N) is 1. The third kappa shape index (κ3) is 5.17. The van der Waals surface area contributed by atoms with Crippen LogP contribution in [0.15, 0.2) is 18.2 Å². The van der Waals surface area contributed by atoms with Crippen molar-refractivity contribution < 1.29 is 14.6 Å². The normalized spacial score (nSPS) is 10.1. The van der Waals surface area contributed by atoms with Gasteiger partial charge in [0.25, 0.3) is 11.4 Å². The van der Waals surface area contributed by atoms with Gasteiger partial charge in [-0.15, -0.1) is 0 Å². The third-order valence-corrected chi connectivity index (χ3v) is 2.92. The maximum absolute atomic E-state index is 11.7. The van der Waals surface area contributed by atoms with Gasteiger partial charge in [0.1, 0.15) is 5.69 Å². The van der Waals surface area contributed by atoms with Crippen molar-refractivity contribution in [2.75, 3.05) is 5.32 Å². The van der Waals surface area contributed by atoms with Crippen LogP contribution in [0.1, 0.15) is 39.0 Å². The van der Waals surface area contributed by atoms with Gasteiger partial charge in [0.05, 0.1) is 15.9 Å². The van der Waals surface area contributed by atoms with Crippen LogP contribution in [0.2, 0.25) is 0 Å². The van der Waals surface area contributed by atoms with Gasteiger partial charge >= 0.3 is 0 Å².